The second-order valence-corrected chi connectivity index (χ2v) is 5.23. The van der Waals surface area contributed by atoms with Crippen LogP contribution in [0.15, 0.2) is 46.9 Å². The van der Waals surface area contributed by atoms with Crippen LogP contribution >= 0.6 is 15.9 Å². The van der Waals surface area contributed by atoms with E-state index in [4.69, 9.17) is 4.74 Å². The van der Waals surface area contributed by atoms with E-state index in [1.807, 2.05) is 24.3 Å². The third kappa shape index (κ3) is 3.72. The first-order valence-corrected chi connectivity index (χ1v) is 6.74. The maximum Gasteiger partial charge on any atom is 0.126 e. The fourth-order valence-electron chi connectivity index (χ4n) is 1.79. The first-order chi connectivity index (χ1) is 9.06. The summed E-state index contributed by atoms with van der Waals surface area (Å²) in [5, 5.41) is 19.1. The second kappa shape index (κ2) is 6.08. The molecule has 0 aliphatic carbocycles. The molecule has 2 rings (SSSR count). The highest BCUT2D eigenvalue weighted by Crippen LogP contribution is 2.29. The van der Waals surface area contributed by atoms with Gasteiger partial charge in [0.05, 0.1) is 6.10 Å². The number of aliphatic hydroxyl groups excluding tert-OH is 1. The largest absolute Gasteiger partial charge is 0.508 e. The van der Waals surface area contributed by atoms with E-state index in [0.29, 0.717) is 12.4 Å². The van der Waals surface area contributed by atoms with Crippen LogP contribution < -0.4 is 4.74 Å². The third-order valence-electron chi connectivity index (χ3n) is 2.73. The molecule has 2 N–H and O–H groups in total. The summed E-state index contributed by atoms with van der Waals surface area (Å²) in [6.07, 6.45) is -0.590. The van der Waals surface area contributed by atoms with Crippen molar-refractivity contribution in [3.05, 3.63) is 58.1 Å². The van der Waals surface area contributed by atoms with Crippen molar-refractivity contribution >= 4 is 15.9 Å². The fraction of sp³-hybridized carbons (Fsp3) is 0.200. The van der Waals surface area contributed by atoms with Crippen molar-refractivity contribution in [3.63, 3.8) is 0 Å². The van der Waals surface area contributed by atoms with Crippen LogP contribution in [0.4, 0.5) is 0 Å². The molecule has 0 saturated carbocycles. The van der Waals surface area contributed by atoms with Gasteiger partial charge in [-0.2, -0.15) is 0 Å². The van der Waals surface area contributed by atoms with Gasteiger partial charge in [0.2, 0.25) is 0 Å². The average molecular weight is 323 g/mol. The van der Waals surface area contributed by atoms with E-state index in [-0.39, 0.29) is 5.75 Å². The third-order valence-corrected chi connectivity index (χ3v) is 3.22. The van der Waals surface area contributed by atoms with Crippen LogP contribution in [0.2, 0.25) is 0 Å². The van der Waals surface area contributed by atoms with Crippen LogP contribution in [0.25, 0.3) is 0 Å². The summed E-state index contributed by atoms with van der Waals surface area (Å²) in [5.74, 6) is 0.846. The lowest BCUT2D eigenvalue weighted by Crippen LogP contribution is -2.01. The highest BCUT2D eigenvalue weighted by atomic mass is 79.9. The Morgan fingerprint density at radius 2 is 2.00 bits per heavy atom. The lowest BCUT2D eigenvalue weighted by atomic mass is 10.1. The minimum atomic E-state index is -0.590. The summed E-state index contributed by atoms with van der Waals surface area (Å²) in [6.45, 7) is 2.04. The van der Waals surface area contributed by atoms with Crippen LogP contribution in [0, 0.1) is 0 Å². The van der Waals surface area contributed by atoms with Crippen molar-refractivity contribution in [2.75, 3.05) is 0 Å². The fourth-order valence-corrected chi connectivity index (χ4v) is 2.13. The van der Waals surface area contributed by atoms with E-state index < -0.39 is 6.10 Å². The first kappa shape index (κ1) is 13.9. The summed E-state index contributed by atoms with van der Waals surface area (Å²) in [4.78, 5) is 0. The van der Waals surface area contributed by atoms with E-state index in [2.05, 4.69) is 15.9 Å². The number of hydrogen-bond acceptors (Lipinski definition) is 3. The van der Waals surface area contributed by atoms with Crippen molar-refractivity contribution in [1.82, 2.24) is 0 Å². The molecule has 0 aromatic heterocycles. The number of phenolic OH excluding ortho intramolecular Hbond substituents is 1. The molecular weight excluding hydrogens is 308 g/mol. The number of hydrogen-bond donors (Lipinski definition) is 2. The van der Waals surface area contributed by atoms with Gasteiger partial charge in [-0.15, -0.1) is 0 Å². The van der Waals surface area contributed by atoms with Gasteiger partial charge in [0.25, 0.3) is 0 Å². The number of benzene rings is 2. The van der Waals surface area contributed by atoms with Crippen molar-refractivity contribution in [2.45, 2.75) is 19.6 Å². The van der Waals surface area contributed by atoms with Gasteiger partial charge in [-0.3, -0.25) is 0 Å². The molecule has 0 heterocycles. The van der Waals surface area contributed by atoms with Crippen LogP contribution in [0.3, 0.4) is 0 Å². The zero-order chi connectivity index (χ0) is 13.8. The molecule has 3 nitrogen and oxygen atoms in total. The molecule has 0 saturated heterocycles. The molecule has 2 aromatic carbocycles. The van der Waals surface area contributed by atoms with Crippen molar-refractivity contribution in [2.24, 2.45) is 0 Å². The molecule has 0 spiro atoms. The number of ether oxygens (including phenoxy) is 1. The molecule has 100 valence electrons. The van der Waals surface area contributed by atoms with Crippen molar-refractivity contribution < 1.29 is 14.9 Å². The normalized spacial score (nSPS) is 12.2. The summed E-state index contributed by atoms with van der Waals surface area (Å²) >= 11 is 3.38. The van der Waals surface area contributed by atoms with Gasteiger partial charge in [0, 0.05) is 10.0 Å². The Bertz CT molecular complexity index is 567. The Kier molecular flexibility index (Phi) is 4.45. The van der Waals surface area contributed by atoms with E-state index in [1.165, 1.54) is 0 Å². The van der Waals surface area contributed by atoms with Gasteiger partial charge < -0.3 is 14.9 Å². The highest BCUT2D eigenvalue weighted by Gasteiger charge is 2.10. The quantitative estimate of drug-likeness (QED) is 0.900. The van der Waals surface area contributed by atoms with Gasteiger partial charge >= 0.3 is 0 Å². The Morgan fingerprint density at radius 3 is 2.68 bits per heavy atom. The maximum absolute atomic E-state index is 9.70. The van der Waals surface area contributed by atoms with Crippen molar-refractivity contribution in [3.8, 4) is 11.5 Å². The van der Waals surface area contributed by atoms with E-state index in [1.54, 1.807) is 25.1 Å². The first-order valence-electron chi connectivity index (χ1n) is 5.94. The molecule has 0 bridgehead atoms. The number of halogens is 1. The molecule has 0 amide bonds. The zero-order valence-electron chi connectivity index (χ0n) is 10.5. The van der Waals surface area contributed by atoms with E-state index in [0.717, 1.165) is 15.6 Å². The molecule has 4 heteroatoms. The summed E-state index contributed by atoms with van der Waals surface area (Å²) in [5.41, 5.74) is 1.61. The molecule has 0 fully saturated rings. The molecule has 1 atom stereocenters. The lowest BCUT2D eigenvalue weighted by molar-refractivity contribution is 0.190. The molecule has 2 aromatic rings. The Labute approximate surface area is 120 Å². The molecule has 0 radical (unpaired) electrons. The van der Waals surface area contributed by atoms with Crippen molar-refractivity contribution in [1.29, 1.82) is 0 Å². The smallest absolute Gasteiger partial charge is 0.126 e. The van der Waals surface area contributed by atoms with Gasteiger partial charge in [-0.25, -0.2) is 0 Å². The predicted molar refractivity (Wildman–Crippen MR) is 77.2 cm³/mol. The van der Waals surface area contributed by atoms with Crippen LogP contribution in [0.5, 0.6) is 11.5 Å². The van der Waals surface area contributed by atoms with Crippen LogP contribution in [0.1, 0.15) is 24.2 Å². The summed E-state index contributed by atoms with van der Waals surface area (Å²) < 4.78 is 6.61. The minimum Gasteiger partial charge on any atom is -0.508 e. The molecule has 0 aliphatic heterocycles. The summed E-state index contributed by atoms with van der Waals surface area (Å²) in [7, 11) is 0. The average Bonchev–Trinajstić information content (AvgIpc) is 2.36. The molecule has 19 heavy (non-hydrogen) atoms. The van der Waals surface area contributed by atoms with Gasteiger partial charge in [0.1, 0.15) is 18.1 Å². The molecule has 0 aliphatic rings. The van der Waals surface area contributed by atoms with Crippen LogP contribution in [-0.2, 0) is 6.61 Å². The van der Waals surface area contributed by atoms with Gasteiger partial charge in [-0.05, 0) is 36.8 Å². The Morgan fingerprint density at radius 1 is 1.21 bits per heavy atom. The highest BCUT2D eigenvalue weighted by molar-refractivity contribution is 9.10. The van der Waals surface area contributed by atoms with E-state index >= 15 is 0 Å². The standard InChI is InChI=1S/C15H15BrO3/c1-10(17)14-6-5-12(16)8-15(14)19-9-11-3-2-4-13(18)7-11/h2-8,10,17-18H,9H2,1H3/t10-/m0/s1. The minimum absolute atomic E-state index is 0.214. The second-order valence-electron chi connectivity index (χ2n) is 4.32. The molecule has 0 unspecified atom stereocenters. The lowest BCUT2D eigenvalue weighted by Gasteiger charge is -2.14. The molecular formula is C15H15BrO3. The van der Waals surface area contributed by atoms with E-state index in [9.17, 15) is 10.2 Å². The Balaban J connectivity index is 2.17. The number of aromatic hydroxyl groups is 1. The van der Waals surface area contributed by atoms with Gasteiger partial charge in [-0.1, -0.05) is 34.1 Å². The summed E-state index contributed by atoms with van der Waals surface area (Å²) in [6, 6.07) is 12.4. The van der Waals surface area contributed by atoms with Crippen LogP contribution in [-0.4, -0.2) is 10.2 Å². The van der Waals surface area contributed by atoms with Gasteiger partial charge in [0.15, 0.2) is 0 Å². The Hall–Kier alpha value is -1.52. The predicted octanol–water partition coefficient (Wildman–Crippen LogP) is 3.79. The number of aliphatic hydroxyl groups is 1. The topological polar surface area (TPSA) is 49.7 Å². The maximum atomic E-state index is 9.70. The SMILES string of the molecule is C[C@H](O)c1ccc(Br)cc1OCc1cccc(O)c1. The number of rotatable bonds is 4. The monoisotopic (exact) mass is 322 g/mol. The number of phenols is 1. The zero-order valence-corrected chi connectivity index (χ0v) is 12.1.